The van der Waals surface area contributed by atoms with Crippen LogP contribution in [0.4, 0.5) is 5.82 Å². The zero-order valence-electron chi connectivity index (χ0n) is 11.3. The Morgan fingerprint density at radius 3 is 2.78 bits per heavy atom. The van der Waals surface area contributed by atoms with Gasteiger partial charge >= 0.3 is 0 Å². The SMILES string of the molecule is CCN(Cc1nc(C)cc(NN)n1)CC1CCC1. The second-order valence-electron chi connectivity index (χ2n) is 5.08. The largest absolute Gasteiger partial charge is 0.308 e. The van der Waals surface area contributed by atoms with Crippen LogP contribution in [0.3, 0.4) is 0 Å². The van der Waals surface area contributed by atoms with Crippen LogP contribution >= 0.6 is 0 Å². The van der Waals surface area contributed by atoms with Gasteiger partial charge < -0.3 is 5.43 Å². The maximum atomic E-state index is 5.41. The number of hydrazine groups is 1. The Morgan fingerprint density at radius 2 is 2.22 bits per heavy atom. The Bertz CT molecular complexity index is 389. The van der Waals surface area contributed by atoms with Crippen molar-refractivity contribution in [2.45, 2.75) is 39.7 Å². The number of aryl methyl sites for hydroxylation is 1. The highest BCUT2D eigenvalue weighted by Gasteiger charge is 2.20. The van der Waals surface area contributed by atoms with Gasteiger partial charge in [0.15, 0.2) is 0 Å². The second-order valence-corrected chi connectivity index (χ2v) is 5.08. The molecule has 3 N–H and O–H groups in total. The quantitative estimate of drug-likeness (QED) is 0.593. The van der Waals surface area contributed by atoms with E-state index in [2.05, 4.69) is 27.2 Å². The van der Waals surface area contributed by atoms with Crippen LogP contribution in [-0.2, 0) is 6.54 Å². The fourth-order valence-corrected chi connectivity index (χ4v) is 2.32. The van der Waals surface area contributed by atoms with Crippen molar-refractivity contribution in [1.29, 1.82) is 0 Å². The molecule has 0 atom stereocenters. The van der Waals surface area contributed by atoms with Crippen molar-refractivity contribution in [3.8, 4) is 0 Å². The summed E-state index contributed by atoms with van der Waals surface area (Å²) in [7, 11) is 0. The molecule has 0 bridgehead atoms. The molecule has 0 aromatic carbocycles. The first kappa shape index (κ1) is 13.2. The van der Waals surface area contributed by atoms with Gasteiger partial charge in [-0.25, -0.2) is 15.8 Å². The van der Waals surface area contributed by atoms with Gasteiger partial charge in [0.25, 0.3) is 0 Å². The van der Waals surface area contributed by atoms with Gasteiger partial charge in [-0.1, -0.05) is 13.3 Å². The molecule has 100 valence electrons. The molecule has 18 heavy (non-hydrogen) atoms. The maximum absolute atomic E-state index is 5.41. The standard InChI is InChI=1S/C13H23N5/c1-3-18(8-11-5-4-6-11)9-13-15-10(2)7-12(16-13)17-14/h7,11H,3-6,8-9,14H2,1-2H3,(H,15,16,17). The minimum absolute atomic E-state index is 0.692. The molecule has 0 unspecified atom stereocenters. The van der Waals surface area contributed by atoms with Gasteiger partial charge in [0.1, 0.15) is 11.6 Å². The highest BCUT2D eigenvalue weighted by atomic mass is 15.3. The van der Waals surface area contributed by atoms with Gasteiger partial charge in [-0.2, -0.15) is 0 Å². The van der Waals surface area contributed by atoms with Crippen molar-refractivity contribution < 1.29 is 0 Å². The number of aromatic nitrogens is 2. The second kappa shape index (κ2) is 6.11. The Kier molecular flexibility index (Phi) is 4.49. The molecule has 1 aliphatic carbocycles. The van der Waals surface area contributed by atoms with Crippen molar-refractivity contribution in [3.63, 3.8) is 0 Å². The summed E-state index contributed by atoms with van der Waals surface area (Å²) in [6.45, 7) is 7.17. The summed E-state index contributed by atoms with van der Waals surface area (Å²) >= 11 is 0. The third-order valence-corrected chi connectivity index (χ3v) is 3.60. The predicted octanol–water partition coefficient (Wildman–Crippen LogP) is 1.69. The molecule has 5 nitrogen and oxygen atoms in total. The summed E-state index contributed by atoms with van der Waals surface area (Å²) in [5.41, 5.74) is 3.54. The molecule has 1 fully saturated rings. The normalized spacial score (nSPS) is 15.8. The van der Waals surface area contributed by atoms with Gasteiger partial charge in [-0.3, -0.25) is 4.90 Å². The van der Waals surface area contributed by atoms with E-state index in [1.807, 2.05) is 13.0 Å². The third kappa shape index (κ3) is 3.40. The lowest BCUT2D eigenvalue weighted by Crippen LogP contribution is -2.32. The molecular formula is C13H23N5. The van der Waals surface area contributed by atoms with Crippen LogP contribution in [0.5, 0.6) is 0 Å². The first-order chi connectivity index (χ1) is 8.71. The smallest absolute Gasteiger partial charge is 0.145 e. The van der Waals surface area contributed by atoms with Crippen LogP contribution < -0.4 is 11.3 Å². The fraction of sp³-hybridized carbons (Fsp3) is 0.692. The van der Waals surface area contributed by atoms with Crippen LogP contribution in [0.2, 0.25) is 0 Å². The fourth-order valence-electron chi connectivity index (χ4n) is 2.32. The molecule has 0 spiro atoms. The summed E-state index contributed by atoms with van der Waals surface area (Å²) in [5.74, 6) is 7.83. The number of rotatable bonds is 6. The Balaban J connectivity index is 1.98. The predicted molar refractivity (Wildman–Crippen MR) is 72.9 cm³/mol. The van der Waals surface area contributed by atoms with Crippen molar-refractivity contribution in [2.75, 3.05) is 18.5 Å². The Hall–Kier alpha value is -1.20. The molecule has 1 aromatic heterocycles. The number of nitrogen functional groups attached to an aromatic ring is 1. The molecule has 0 saturated heterocycles. The summed E-state index contributed by atoms with van der Waals surface area (Å²) in [4.78, 5) is 11.3. The van der Waals surface area contributed by atoms with E-state index < -0.39 is 0 Å². The van der Waals surface area contributed by atoms with E-state index in [1.165, 1.54) is 25.8 Å². The van der Waals surface area contributed by atoms with Gasteiger partial charge in [0, 0.05) is 18.3 Å². The number of anilines is 1. The summed E-state index contributed by atoms with van der Waals surface area (Å²) in [6, 6.07) is 1.85. The number of nitrogens with one attached hydrogen (secondary N) is 1. The third-order valence-electron chi connectivity index (χ3n) is 3.60. The van der Waals surface area contributed by atoms with Crippen molar-refractivity contribution in [2.24, 2.45) is 11.8 Å². The van der Waals surface area contributed by atoms with Gasteiger partial charge in [0.05, 0.1) is 6.54 Å². The van der Waals surface area contributed by atoms with Crippen LogP contribution in [0.25, 0.3) is 0 Å². The molecule has 1 saturated carbocycles. The lowest BCUT2D eigenvalue weighted by atomic mass is 9.85. The van der Waals surface area contributed by atoms with Crippen molar-refractivity contribution in [3.05, 3.63) is 17.6 Å². The first-order valence-electron chi connectivity index (χ1n) is 6.74. The average molecular weight is 249 g/mol. The van der Waals surface area contributed by atoms with E-state index in [0.29, 0.717) is 5.82 Å². The molecule has 0 radical (unpaired) electrons. The van der Waals surface area contributed by atoms with E-state index in [4.69, 9.17) is 5.84 Å². The Labute approximate surface area is 109 Å². The molecule has 5 heteroatoms. The molecule has 2 rings (SSSR count). The summed E-state index contributed by atoms with van der Waals surface area (Å²) in [6.07, 6.45) is 4.14. The lowest BCUT2D eigenvalue weighted by molar-refractivity contribution is 0.175. The molecule has 1 heterocycles. The summed E-state index contributed by atoms with van der Waals surface area (Å²) < 4.78 is 0. The first-order valence-corrected chi connectivity index (χ1v) is 6.74. The van der Waals surface area contributed by atoms with Crippen molar-refractivity contribution in [1.82, 2.24) is 14.9 Å². The minimum Gasteiger partial charge on any atom is -0.308 e. The highest BCUT2D eigenvalue weighted by molar-refractivity contribution is 5.33. The van der Waals surface area contributed by atoms with Gasteiger partial charge in [0.2, 0.25) is 0 Å². The molecule has 0 aliphatic heterocycles. The van der Waals surface area contributed by atoms with E-state index in [-0.39, 0.29) is 0 Å². The molecule has 1 aromatic rings. The number of hydrogen-bond acceptors (Lipinski definition) is 5. The van der Waals surface area contributed by atoms with Crippen LogP contribution in [0, 0.1) is 12.8 Å². The highest BCUT2D eigenvalue weighted by Crippen LogP contribution is 2.27. The topological polar surface area (TPSA) is 67.1 Å². The number of hydrogen-bond donors (Lipinski definition) is 2. The Morgan fingerprint density at radius 1 is 1.44 bits per heavy atom. The number of nitrogens with zero attached hydrogens (tertiary/aromatic N) is 3. The van der Waals surface area contributed by atoms with Crippen molar-refractivity contribution >= 4 is 5.82 Å². The van der Waals surface area contributed by atoms with E-state index >= 15 is 0 Å². The lowest BCUT2D eigenvalue weighted by Gasteiger charge is -2.31. The van der Waals surface area contributed by atoms with Crippen LogP contribution in [-0.4, -0.2) is 28.0 Å². The van der Waals surface area contributed by atoms with Crippen LogP contribution in [0.1, 0.15) is 37.7 Å². The molecule has 1 aliphatic rings. The van der Waals surface area contributed by atoms with E-state index in [9.17, 15) is 0 Å². The zero-order chi connectivity index (χ0) is 13.0. The van der Waals surface area contributed by atoms with Crippen LogP contribution in [0.15, 0.2) is 6.07 Å². The number of nitrogens with two attached hydrogens (primary N) is 1. The molecular weight excluding hydrogens is 226 g/mol. The van der Waals surface area contributed by atoms with E-state index in [0.717, 1.165) is 30.5 Å². The van der Waals surface area contributed by atoms with Gasteiger partial charge in [-0.15, -0.1) is 0 Å². The average Bonchev–Trinajstić information content (AvgIpc) is 2.31. The minimum atomic E-state index is 0.692. The summed E-state index contributed by atoms with van der Waals surface area (Å²) in [5, 5.41) is 0. The van der Waals surface area contributed by atoms with Gasteiger partial charge in [-0.05, 0) is 32.2 Å². The zero-order valence-corrected chi connectivity index (χ0v) is 11.3. The van der Waals surface area contributed by atoms with E-state index in [1.54, 1.807) is 0 Å². The monoisotopic (exact) mass is 249 g/mol. The molecule has 0 amide bonds. The maximum Gasteiger partial charge on any atom is 0.145 e.